The van der Waals surface area contributed by atoms with E-state index in [2.05, 4.69) is 26.8 Å². The molecule has 2 aromatic carbocycles. The molecule has 2 aromatic rings. The van der Waals surface area contributed by atoms with Gasteiger partial charge in [0.2, 0.25) is 0 Å². The van der Waals surface area contributed by atoms with Gasteiger partial charge >= 0.3 is 0 Å². The maximum atomic E-state index is 12.4. The van der Waals surface area contributed by atoms with E-state index in [0.29, 0.717) is 36.7 Å². The van der Waals surface area contributed by atoms with Crippen LogP contribution in [0.5, 0.6) is 5.75 Å². The van der Waals surface area contributed by atoms with E-state index in [0.717, 1.165) is 10.0 Å². The Morgan fingerprint density at radius 1 is 1.04 bits per heavy atom. The summed E-state index contributed by atoms with van der Waals surface area (Å²) in [6, 6.07) is 12.0. The molecule has 0 radical (unpaired) electrons. The van der Waals surface area contributed by atoms with Crippen molar-refractivity contribution in [2.75, 3.05) is 19.8 Å². The smallest absolute Gasteiger partial charge is 0.273 e. The van der Waals surface area contributed by atoms with Crippen molar-refractivity contribution in [1.29, 1.82) is 0 Å². The number of nitrogens with one attached hydrogen (secondary N) is 2. The maximum absolute atomic E-state index is 12.4. The van der Waals surface area contributed by atoms with E-state index in [4.69, 9.17) is 9.47 Å². The molecule has 0 bridgehead atoms. The van der Waals surface area contributed by atoms with E-state index < -0.39 is 11.8 Å². The topological polar surface area (TPSA) is 76.7 Å². The molecule has 138 valence electrons. The van der Waals surface area contributed by atoms with Crippen LogP contribution < -0.4 is 15.6 Å². The quantitative estimate of drug-likeness (QED) is 0.532. The molecule has 0 atom stereocenters. The number of para-hydroxylation sites is 1. The van der Waals surface area contributed by atoms with Crippen LogP contribution in [0.4, 0.5) is 0 Å². The molecule has 0 aliphatic carbocycles. The number of hydrazine groups is 1. The van der Waals surface area contributed by atoms with Crippen LogP contribution in [0.2, 0.25) is 0 Å². The van der Waals surface area contributed by atoms with Crippen molar-refractivity contribution in [2.24, 2.45) is 0 Å². The largest absolute Gasteiger partial charge is 0.490 e. The zero-order chi connectivity index (χ0) is 18.9. The minimum absolute atomic E-state index is 0.328. The molecule has 2 rings (SSSR count). The summed E-state index contributed by atoms with van der Waals surface area (Å²) in [7, 11) is 0. The van der Waals surface area contributed by atoms with E-state index in [9.17, 15) is 9.59 Å². The summed E-state index contributed by atoms with van der Waals surface area (Å²) in [5.41, 5.74) is 6.60. The first-order valence-electron chi connectivity index (χ1n) is 8.19. The summed E-state index contributed by atoms with van der Waals surface area (Å²) in [6.45, 7) is 5.20. The average Bonchev–Trinajstić information content (AvgIpc) is 2.65. The first kappa shape index (κ1) is 19.9. The molecule has 0 aliphatic rings. The van der Waals surface area contributed by atoms with Crippen LogP contribution in [0.1, 0.15) is 33.2 Å². The van der Waals surface area contributed by atoms with Crippen LogP contribution >= 0.6 is 15.9 Å². The molecule has 2 N–H and O–H groups in total. The second-order valence-electron chi connectivity index (χ2n) is 5.41. The number of ether oxygens (including phenoxy) is 2. The van der Waals surface area contributed by atoms with Gasteiger partial charge in [-0.3, -0.25) is 20.4 Å². The Labute approximate surface area is 161 Å². The minimum Gasteiger partial charge on any atom is -0.490 e. The highest BCUT2D eigenvalue weighted by atomic mass is 79.9. The van der Waals surface area contributed by atoms with E-state index in [-0.39, 0.29) is 0 Å². The van der Waals surface area contributed by atoms with E-state index in [1.54, 1.807) is 36.4 Å². The van der Waals surface area contributed by atoms with E-state index >= 15 is 0 Å². The fourth-order valence-electron chi connectivity index (χ4n) is 2.12. The zero-order valence-corrected chi connectivity index (χ0v) is 16.3. The van der Waals surface area contributed by atoms with Gasteiger partial charge in [0.1, 0.15) is 12.4 Å². The van der Waals surface area contributed by atoms with Crippen molar-refractivity contribution < 1.29 is 19.1 Å². The molecule has 0 saturated heterocycles. The fraction of sp³-hybridized carbons (Fsp3) is 0.263. The molecule has 26 heavy (non-hydrogen) atoms. The van der Waals surface area contributed by atoms with Crippen molar-refractivity contribution in [3.63, 3.8) is 0 Å². The molecular weight excluding hydrogens is 400 g/mol. The van der Waals surface area contributed by atoms with Gasteiger partial charge in [0.05, 0.1) is 12.2 Å². The first-order valence-corrected chi connectivity index (χ1v) is 8.98. The number of aryl methyl sites for hydroxylation is 1. The van der Waals surface area contributed by atoms with Crippen LogP contribution in [0.3, 0.4) is 0 Å². The number of halogens is 1. The van der Waals surface area contributed by atoms with Crippen LogP contribution in [0, 0.1) is 6.92 Å². The van der Waals surface area contributed by atoms with Crippen molar-refractivity contribution in [3.8, 4) is 5.75 Å². The Balaban J connectivity index is 1.97. The van der Waals surface area contributed by atoms with Gasteiger partial charge in [0.15, 0.2) is 0 Å². The summed E-state index contributed by atoms with van der Waals surface area (Å²) in [5.74, 6) is -0.442. The molecular formula is C19H21BrN2O4. The van der Waals surface area contributed by atoms with Gasteiger partial charge in [0.25, 0.3) is 11.8 Å². The molecule has 0 fully saturated rings. The predicted molar refractivity (Wildman–Crippen MR) is 102 cm³/mol. The third-order valence-corrected chi connectivity index (χ3v) is 4.40. The lowest BCUT2D eigenvalue weighted by Crippen LogP contribution is -2.41. The zero-order valence-electron chi connectivity index (χ0n) is 14.7. The highest BCUT2D eigenvalue weighted by molar-refractivity contribution is 9.10. The van der Waals surface area contributed by atoms with Gasteiger partial charge in [-0.05, 0) is 43.7 Å². The third kappa shape index (κ3) is 5.57. The third-order valence-electron chi connectivity index (χ3n) is 3.54. The average molecular weight is 421 g/mol. The summed E-state index contributed by atoms with van der Waals surface area (Å²) >= 11 is 3.38. The Hall–Kier alpha value is -2.38. The molecule has 2 amide bonds. The number of carbonyl (C=O) groups excluding carboxylic acids is 2. The molecule has 0 aliphatic heterocycles. The highest BCUT2D eigenvalue weighted by Gasteiger charge is 2.14. The van der Waals surface area contributed by atoms with Crippen LogP contribution in [0.15, 0.2) is 46.9 Å². The molecule has 0 saturated carbocycles. The molecule has 7 heteroatoms. The molecule has 0 heterocycles. The maximum Gasteiger partial charge on any atom is 0.273 e. The summed E-state index contributed by atoms with van der Waals surface area (Å²) < 4.78 is 11.6. The molecule has 6 nitrogen and oxygen atoms in total. The first-order chi connectivity index (χ1) is 12.5. The number of amides is 2. The van der Waals surface area contributed by atoms with Crippen molar-refractivity contribution in [3.05, 3.63) is 63.6 Å². The van der Waals surface area contributed by atoms with E-state index in [1.165, 1.54) is 0 Å². The Morgan fingerprint density at radius 2 is 1.77 bits per heavy atom. The van der Waals surface area contributed by atoms with Crippen molar-refractivity contribution in [2.45, 2.75) is 13.8 Å². The van der Waals surface area contributed by atoms with E-state index in [1.807, 2.05) is 19.9 Å². The van der Waals surface area contributed by atoms with Gasteiger partial charge in [-0.1, -0.05) is 34.1 Å². The Morgan fingerprint density at radius 3 is 2.50 bits per heavy atom. The summed E-state index contributed by atoms with van der Waals surface area (Å²) in [4.78, 5) is 24.5. The predicted octanol–water partition coefficient (Wildman–Crippen LogP) is 3.25. The monoisotopic (exact) mass is 420 g/mol. The Bertz CT molecular complexity index is 780. The number of carbonyl (C=O) groups is 2. The van der Waals surface area contributed by atoms with Gasteiger partial charge in [-0.2, -0.15) is 0 Å². The van der Waals surface area contributed by atoms with Gasteiger partial charge < -0.3 is 9.47 Å². The lowest BCUT2D eigenvalue weighted by molar-refractivity contribution is 0.0840. The SMILES string of the molecule is CCOCCOc1ccccc1C(=O)NNC(=O)c1ccc(C)c(Br)c1. The second-order valence-corrected chi connectivity index (χ2v) is 6.27. The molecule has 0 unspecified atom stereocenters. The van der Waals surface area contributed by atoms with Crippen molar-refractivity contribution in [1.82, 2.24) is 10.9 Å². The fourth-order valence-corrected chi connectivity index (χ4v) is 2.50. The van der Waals surface area contributed by atoms with Gasteiger partial charge in [0, 0.05) is 16.6 Å². The normalized spacial score (nSPS) is 10.3. The van der Waals surface area contributed by atoms with Crippen molar-refractivity contribution >= 4 is 27.7 Å². The second kappa shape index (κ2) is 9.94. The number of benzene rings is 2. The lowest BCUT2D eigenvalue weighted by atomic mass is 10.1. The van der Waals surface area contributed by atoms with Crippen LogP contribution in [-0.4, -0.2) is 31.6 Å². The lowest BCUT2D eigenvalue weighted by Gasteiger charge is -2.12. The summed E-state index contributed by atoms with van der Waals surface area (Å²) in [6.07, 6.45) is 0. The molecule has 0 aromatic heterocycles. The minimum atomic E-state index is -0.462. The number of hydrogen-bond acceptors (Lipinski definition) is 4. The van der Waals surface area contributed by atoms with Crippen LogP contribution in [0.25, 0.3) is 0 Å². The van der Waals surface area contributed by atoms with Gasteiger partial charge in [-0.15, -0.1) is 0 Å². The number of rotatable bonds is 7. The van der Waals surface area contributed by atoms with Crippen LogP contribution in [-0.2, 0) is 4.74 Å². The Kier molecular flexibility index (Phi) is 7.62. The highest BCUT2D eigenvalue weighted by Crippen LogP contribution is 2.18. The van der Waals surface area contributed by atoms with Gasteiger partial charge in [-0.25, -0.2) is 0 Å². The number of hydrogen-bond donors (Lipinski definition) is 2. The summed E-state index contributed by atoms with van der Waals surface area (Å²) in [5, 5.41) is 0. The molecule has 0 spiro atoms. The standard InChI is InChI=1S/C19H21BrN2O4/c1-3-25-10-11-26-17-7-5-4-6-15(17)19(24)22-21-18(23)14-9-8-13(2)16(20)12-14/h4-9,12H,3,10-11H2,1-2H3,(H,21,23)(H,22,24).